The van der Waals surface area contributed by atoms with Crippen molar-refractivity contribution in [3.05, 3.63) is 30.0 Å². The lowest BCUT2D eigenvalue weighted by Crippen LogP contribution is -2.08. The molecule has 1 atom stereocenters. The summed E-state index contributed by atoms with van der Waals surface area (Å²) in [7, 11) is -3.17. The molecule has 0 fully saturated rings. The first-order valence-electron chi connectivity index (χ1n) is 6.09. The second kappa shape index (κ2) is 4.74. The Morgan fingerprint density at radius 1 is 1.33 bits per heavy atom. The fraction of sp³-hybridized carbons (Fsp3) is 0.385. The largest absolute Gasteiger partial charge is 0.361 e. The first kappa shape index (κ1) is 13.1. The van der Waals surface area contributed by atoms with Crippen LogP contribution in [0.2, 0.25) is 0 Å². The molecule has 1 aromatic carbocycles. The number of fused-ring (bicyclic) bond motifs is 1. The van der Waals surface area contributed by atoms with Crippen molar-refractivity contribution in [3.8, 4) is 0 Å². The van der Waals surface area contributed by atoms with Crippen LogP contribution in [0.25, 0.3) is 10.9 Å². The molecule has 0 aliphatic heterocycles. The lowest BCUT2D eigenvalue weighted by molar-refractivity contribution is 0.597. The molecule has 4 nitrogen and oxygen atoms in total. The Bertz CT molecular complexity index is 659. The summed E-state index contributed by atoms with van der Waals surface area (Å²) in [5.41, 5.74) is 7.92. The van der Waals surface area contributed by atoms with Gasteiger partial charge in [-0.15, -0.1) is 0 Å². The molecular weight excluding hydrogens is 248 g/mol. The van der Waals surface area contributed by atoms with Gasteiger partial charge in [-0.1, -0.05) is 13.8 Å². The van der Waals surface area contributed by atoms with Crippen LogP contribution >= 0.6 is 0 Å². The Labute approximate surface area is 107 Å². The molecule has 0 amide bonds. The zero-order valence-corrected chi connectivity index (χ0v) is 11.4. The minimum Gasteiger partial charge on any atom is -0.361 e. The van der Waals surface area contributed by atoms with Gasteiger partial charge in [-0.05, 0) is 30.2 Å². The molecule has 2 aromatic rings. The highest BCUT2D eigenvalue weighted by molar-refractivity contribution is 7.91. The monoisotopic (exact) mass is 266 g/mol. The van der Waals surface area contributed by atoms with Crippen molar-refractivity contribution in [1.82, 2.24) is 4.98 Å². The van der Waals surface area contributed by atoms with Crippen LogP contribution in [0.4, 0.5) is 0 Å². The average Bonchev–Trinajstić information content (AvgIpc) is 2.80. The molecule has 0 radical (unpaired) electrons. The van der Waals surface area contributed by atoms with E-state index in [4.69, 9.17) is 5.73 Å². The van der Waals surface area contributed by atoms with E-state index < -0.39 is 9.84 Å². The summed E-state index contributed by atoms with van der Waals surface area (Å²) in [5, 5.41) is 0.902. The number of rotatable bonds is 4. The van der Waals surface area contributed by atoms with Crippen LogP contribution in [-0.2, 0) is 9.84 Å². The Morgan fingerprint density at radius 3 is 2.67 bits per heavy atom. The Morgan fingerprint density at radius 2 is 2.06 bits per heavy atom. The summed E-state index contributed by atoms with van der Waals surface area (Å²) in [4.78, 5) is 3.49. The van der Waals surface area contributed by atoms with Crippen molar-refractivity contribution in [3.63, 3.8) is 0 Å². The third-order valence-corrected chi connectivity index (χ3v) is 5.00. The number of nitrogens with one attached hydrogen (secondary N) is 1. The standard InChI is InChI=1S/C13H18N2O2S/c1-3-12(14)11-8-15-13-6-5-9(7-10(11)13)18(16,17)4-2/h5-8,12,15H,3-4,14H2,1-2H3. The summed E-state index contributed by atoms with van der Waals surface area (Å²) in [6.07, 6.45) is 2.68. The number of nitrogens with two attached hydrogens (primary N) is 1. The van der Waals surface area contributed by atoms with E-state index >= 15 is 0 Å². The number of hydrogen-bond donors (Lipinski definition) is 2. The van der Waals surface area contributed by atoms with Gasteiger partial charge in [0.2, 0.25) is 0 Å². The van der Waals surface area contributed by atoms with E-state index in [-0.39, 0.29) is 11.8 Å². The SMILES string of the molecule is CCC(N)c1c[nH]c2ccc(S(=O)(=O)CC)cc12. The van der Waals surface area contributed by atoms with Gasteiger partial charge in [0, 0.05) is 23.1 Å². The third-order valence-electron chi connectivity index (χ3n) is 3.26. The van der Waals surface area contributed by atoms with Crippen molar-refractivity contribution in [1.29, 1.82) is 0 Å². The first-order chi connectivity index (χ1) is 8.49. The molecule has 18 heavy (non-hydrogen) atoms. The van der Waals surface area contributed by atoms with E-state index in [9.17, 15) is 8.42 Å². The number of hydrogen-bond acceptors (Lipinski definition) is 3. The number of aromatic amines is 1. The van der Waals surface area contributed by atoms with Gasteiger partial charge in [-0.2, -0.15) is 0 Å². The van der Waals surface area contributed by atoms with Crippen LogP contribution < -0.4 is 5.73 Å². The molecule has 0 saturated heterocycles. The number of H-pyrrole nitrogens is 1. The molecule has 0 aliphatic carbocycles. The molecule has 2 rings (SSSR count). The molecule has 1 aromatic heterocycles. The van der Waals surface area contributed by atoms with E-state index in [0.717, 1.165) is 22.9 Å². The molecule has 0 spiro atoms. The van der Waals surface area contributed by atoms with Gasteiger partial charge in [0.1, 0.15) is 0 Å². The van der Waals surface area contributed by atoms with Crippen molar-refractivity contribution in [2.75, 3.05) is 5.75 Å². The quantitative estimate of drug-likeness (QED) is 0.892. The zero-order valence-electron chi connectivity index (χ0n) is 10.6. The first-order valence-corrected chi connectivity index (χ1v) is 7.74. The molecular formula is C13H18N2O2S. The highest BCUT2D eigenvalue weighted by Crippen LogP contribution is 2.27. The van der Waals surface area contributed by atoms with Gasteiger partial charge >= 0.3 is 0 Å². The molecule has 5 heteroatoms. The second-order valence-corrected chi connectivity index (χ2v) is 6.65. The maximum absolute atomic E-state index is 11.9. The highest BCUT2D eigenvalue weighted by Gasteiger charge is 2.15. The Kier molecular flexibility index (Phi) is 3.45. The molecule has 0 bridgehead atoms. The van der Waals surface area contributed by atoms with Crippen LogP contribution in [0.1, 0.15) is 31.9 Å². The summed E-state index contributed by atoms with van der Waals surface area (Å²) >= 11 is 0. The van der Waals surface area contributed by atoms with E-state index in [1.165, 1.54) is 0 Å². The predicted molar refractivity (Wildman–Crippen MR) is 73.2 cm³/mol. The normalized spacial score (nSPS) is 13.9. The number of benzene rings is 1. The van der Waals surface area contributed by atoms with E-state index in [0.29, 0.717) is 4.90 Å². The maximum atomic E-state index is 11.9. The Hall–Kier alpha value is -1.33. The van der Waals surface area contributed by atoms with Crippen molar-refractivity contribution in [2.45, 2.75) is 31.2 Å². The van der Waals surface area contributed by atoms with Gasteiger partial charge in [0.25, 0.3) is 0 Å². The van der Waals surface area contributed by atoms with Crippen molar-refractivity contribution in [2.24, 2.45) is 5.73 Å². The van der Waals surface area contributed by atoms with Crippen LogP contribution in [0.15, 0.2) is 29.3 Å². The molecule has 0 saturated carbocycles. The second-order valence-electron chi connectivity index (χ2n) is 4.37. The average molecular weight is 266 g/mol. The van der Waals surface area contributed by atoms with Crippen LogP contribution in [0, 0.1) is 0 Å². The molecule has 0 aliphatic rings. The van der Waals surface area contributed by atoms with Crippen LogP contribution in [-0.4, -0.2) is 19.2 Å². The van der Waals surface area contributed by atoms with Gasteiger partial charge in [0.15, 0.2) is 9.84 Å². The minimum absolute atomic E-state index is 0.0710. The predicted octanol–water partition coefficient (Wildman–Crippen LogP) is 2.37. The summed E-state index contributed by atoms with van der Waals surface area (Å²) in [6, 6.07) is 5.08. The lowest BCUT2D eigenvalue weighted by Gasteiger charge is -2.08. The summed E-state index contributed by atoms with van der Waals surface area (Å²) < 4.78 is 23.8. The summed E-state index contributed by atoms with van der Waals surface area (Å²) in [6.45, 7) is 3.66. The fourth-order valence-electron chi connectivity index (χ4n) is 2.01. The van der Waals surface area contributed by atoms with Gasteiger partial charge < -0.3 is 10.7 Å². The van der Waals surface area contributed by atoms with E-state index in [2.05, 4.69) is 4.98 Å². The minimum atomic E-state index is -3.17. The fourth-order valence-corrected chi connectivity index (χ4v) is 2.91. The topological polar surface area (TPSA) is 76.0 Å². The van der Waals surface area contributed by atoms with Crippen molar-refractivity contribution < 1.29 is 8.42 Å². The molecule has 1 heterocycles. The van der Waals surface area contributed by atoms with E-state index in [1.54, 1.807) is 25.1 Å². The maximum Gasteiger partial charge on any atom is 0.178 e. The Balaban J connectivity index is 2.63. The van der Waals surface area contributed by atoms with Crippen LogP contribution in [0.3, 0.4) is 0 Å². The highest BCUT2D eigenvalue weighted by atomic mass is 32.2. The van der Waals surface area contributed by atoms with Crippen molar-refractivity contribution >= 4 is 20.7 Å². The smallest absolute Gasteiger partial charge is 0.178 e. The van der Waals surface area contributed by atoms with E-state index in [1.807, 2.05) is 13.1 Å². The van der Waals surface area contributed by atoms with Gasteiger partial charge in [-0.3, -0.25) is 0 Å². The lowest BCUT2D eigenvalue weighted by atomic mass is 10.0. The van der Waals surface area contributed by atoms with Gasteiger partial charge in [-0.25, -0.2) is 8.42 Å². The number of sulfone groups is 1. The molecule has 1 unspecified atom stereocenters. The third kappa shape index (κ3) is 2.15. The van der Waals surface area contributed by atoms with Gasteiger partial charge in [0.05, 0.1) is 10.6 Å². The van der Waals surface area contributed by atoms with Crippen LogP contribution in [0.5, 0.6) is 0 Å². The number of aromatic nitrogens is 1. The molecule has 98 valence electrons. The zero-order chi connectivity index (χ0) is 13.3. The summed E-state index contributed by atoms with van der Waals surface area (Å²) in [5.74, 6) is 0.109. The molecule has 3 N–H and O–H groups in total.